The Bertz CT molecular complexity index is 668. The summed E-state index contributed by atoms with van der Waals surface area (Å²) in [5.41, 5.74) is 0.346. The number of nitro groups is 1. The molecule has 0 aliphatic heterocycles. The van der Waals surface area contributed by atoms with Crippen molar-refractivity contribution in [1.29, 1.82) is 0 Å². The summed E-state index contributed by atoms with van der Waals surface area (Å²) in [5, 5.41) is 11.4. The van der Waals surface area contributed by atoms with Gasteiger partial charge in [0.15, 0.2) is 23.6 Å². The van der Waals surface area contributed by atoms with Gasteiger partial charge in [-0.2, -0.15) is 0 Å². The maximum absolute atomic E-state index is 11.4. The highest BCUT2D eigenvalue weighted by atomic mass is 16.6. The predicted molar refractivity (Wildman–Crippen MR) is 72.3 cm³/mol. The Morgan fingerprint density at radius 2 is 2.05 bits per heavy atom. The summed E-state index contributed by atoms with van der Waals surface area (Å²) >= 11 is 0. The Balaban J connectivity index is 2.54. The zero-order valence-corrected chi connectivity index (χ0v) is 11.4. The first-order valence-corrected chi connectivity index (χ1v) is 5.95. The molecular weight excluding hydrogens is 278 g/mol. The lowest BCUT2D eigenvalue weighted by Gasteiger charge is -2.14. The average Bonchev–Trinajstić information content (AvgIpc) is 2.95. The summed E-state index contributed by atoms with van der Waals surface area (Å²) in [6.07, 6.45) is 1.92. The number of ether oxygens (including phenoxy) is 2. The SMILES string of the molecule is COc1ccc(C(n2ccnc2C=O)[N+](=O)[O-])cc1OC. The quantitative estimate of drug-likeness (QED) is 0.455. The van der Waals surface area contributed by atoms with Crippen LogP contribution in [0.15, 0.2) is 30.6 Å². The molecule has 0 radical (unpaired) electrons. The van der Waals surface area contributed by atoms with E-state index in [-0.39, 0.29) is 5.82 Å². The van der Waals surface area contributed by atoms with Crippen molar-refractivity contribution in [3.63, 3.8) is 0 Å². The second kappa shape index (κ2) is 6.04. The molecule has 0 aliphatic carbocycles. The van der Waals surface area contributed by atoms with E-state index in [1.54, 1.807) is 12.1 Å². The predicted octanol–water partition coefficient (Wildman–Crippen LogP) is 1.54. The lowest BCUT2D eigenvalue weighted by atomic mass is 10.1. The number of aromatic nitrogens is 2. The first-order chi connectivity index (χ1) is 10.1. The van der Waals surface area contributed by atoms with Crippen molar-refractivity contribution in [2.24, 2.45) is 0 Å². The summed E-state index contributed by atoms with van der Waals surface area (Å²) in [4.78, 5) is 25.6. The average molecular weight is 291 g/mol. The zero-order valence-electron chi connectivity index (χ0n) is 11.4. The molecule has 1 unspecified atom stereocenters. The van der Waals surface area contributed by atoms with E-state index in [9.17, 15) is 14.9 Å². The van der Waals surface area contributed by atoms with Crippen LogP contribution in [0.2, 0.25) is 0 Å². The van der Waals surface area contributed by atoms with Gasteiger partial charge in [0.05, 0.1) is 24.7 Å². The minimum atomic E-state index is -1.27. The van der Waals surface area contributed by atoms with Gasteiger partial charge in [-0.3, -0.25) is 19.5 Å². The Hall–Kier alpha value is -2.90. The number of nitrogens with zero attached hydrogens (tertiary/aromatic N) is 3. The van der Waals surface area contributed by atoms with E-state index in [2.05, 4.69) is 4.98 Å². The van der Waals surface area contributed by atoms with Crippen LogP contribution in [0.25, 0.3) is 0 Å². The zero-order chi connectivity index (χ0) is 15.4. The van der Waals surface area contributed by atoms with Crippen LogP contribution in [0.4, 0.5) is 0 Å². The van der Waals surface area contributed by atoms with Crippen LogP contribution in [-0.2, 0) is 0 Å². The summed E-state index contributed by atoms with van der Waals surface area (Å²) in [7, 11) is 2.92. The molecule has 2 rings (SSSR count). The van der Waals surface area contributed by atoms with E-state index in [4.69, 9.17) is 9.47 Å². The minimum Gasteiger partial charge on any atom is -0.493 e. The van der Waals surface area contributed by atoms with Crippen molar-refractivity contribution in [2.75, 3.05) is 14.2 Å². The van der Waals surface area contributed by atoms with E-state index >= 15 is 0 Å². The fraction of sp³-hybridized carbons (Fsp3) is 0.231. The maximum atomic E-state index is 11.4. The van der Waals surface area contributed by atoms with E-state index in [0.717, 1.165) is 0 Å². The molecule has 8 nitrogen and oxygen atoms in total. The standard InChI is InChI=1S/C13H13N3O5/c1-20-10-4-3-9(7-11(10)21-2)13(16(18)19)15-6-5-14-12(15)8-17/h3-8,13H,1-2H3. The number of hydrogen-bond acceptors (Lipinski definition) is 6. The van der Waals surface area contributed by atoms with Gasteiger partial charge in [-0.05, 0) is 18.2 Å². The smallest absolute Gasteiger partial charge is 0.318 e. The van der Waals surface area contributed by atoms with Gasteiger partial charge in [-0.15, -0.1) is 0 Å². The van der Waals surface area contributed by atoms with Gasteiger partial charge in [0.25, 0.3) is 0 Å². The van der Waals surface area contributed by atoms with Crippen molar-refractivity contribution in [2.45, 2.75) is 6.17 Å². The number of aldehydes is 1. The number of methoxy groups -OCH3 is 2. The number of rotatable bonds is 6. The number of imidazole rings is 1. The molecule has 0 spiro atoms. The third-order valence-corrected chi connectivity index (χ3v) is 2.97. The summed E-state index contributed by atoms with van der Waals surface area (Å²) in [5.74, 6) is 0.811. The van der Waals surface area contributed by atoms with Crippen LogP contribution in [0.1, 0.15) is 22.3 Å². The molecule has 21 heavy (non-hydrogen) atoms. The lowest BCUT2D eigenvalue weighted by molar-refractivity contribution is -0.536. The van der Waals surface area contributed by atoms with E-state index < -0.39 is 11.1 Å². The molecule has 8 heteroatoms. The summed E-state index contributed by atoms with van der Waals surface area (Å²) in [6, 6.07) is 4.62. The first-order valence-electron chi connectivity index (χ1n) is 5.95. The molecule has 1 aromatic heterocycles. The lowest BCUT2D eigenvalue weighted by Crippen LogP contribution is -2.21. The molecule has 0 bridgehead atoms. The van der Waals surface area contributed by atoms with Gasteiger partial charge >= 0.3 is 6.17 Å². The van der Waals surface area contributed by atoms with Crippen LogP contribution in [0.5, 0.6) is 11.5 Å². The second-order valence-corrected chi connectivity index (χ2v) is 4.08. The third-order valence-electron chi connectivity index (χ3n) is 2.97. The number of hydrogen-bond donors (Lipinski definition) is 0. The molecule has 1 heterocycles. The van der Waals surface area contributed by atoms with Crippen LogP contribution in [0.3, 0.4) is 0 Å². The highest BCUT2D eigenvalue weighted by molar-refractivity contribution is 5.69. The number of carbonyl (C=O) groups is 1. The Morgan fingerprint density at radius 3 is 2.62 bits per heavy atom. The van der Waals surface area contributed by atoms with Gasteiger partial charge in [-0.1, -0.05) is 0 Å². The Morgan fingerprint density at radius 1 is 1.33 bits per heavy atom. The Labute approximate surface area is 120 Å². The van der Waals surface area contributed by atoms with Crippen LogP contribution in [0, 0.1) is 10.1 Å². The van der Waals surface area contributed by atoms with E-state index in [0.29, 0.717) is 23.3 Å². The van der Waals surface area contributed by atoms with Crippen LogP contribution >= 0.6 is 0 Å². The molecule has 0 saturated heterocycles. The first kappa shape index (κ1) is 14.5. The molecule has 2 aromatic rings. The van der Waals surface area contributed by atoms with Crippen molar-refractivity contribution in [3.8, 4) is 11.5 Å². The molecule has 1 atom stereocenters. The van der Waals surface area contributed by atoms with Crippen molar-refractivity contribution in [1.82, 2.24) is 9.55 Å². The topological polar surface area (TPSA) is 96.5 Å². The minimum absolute atomic E-state index is 0.0218. The molecule has 110 valence electrons. The second-order valence-electron chi connectivity index (χ2n) is 4.08. The molecule has 0 N–H and O–H groups in total. The van der Waals surface area contributed by atoms with Gasteiger partial charge < -0.3 is 9.47 Å². The maximum Gasteiger partial charge on any atom is 0.318 e. The van der Waals surface area contributed by atoms with Gasteiger partial charge in [-0.25, -0.2) is 4.98 Å². The molecule has 1 aromatic carbocycles. The molecular formula is C13H13N3O5. The van der Waals surface area contributed by atoms with Crippen LogP contribution in [-0.4, -0.2) is 35.0 Å². The largest absolute Gasteiger partial charge is 0.493 e. The van der Waals surface area contributed by atoms with Gasteiger partial charge in [0, 0.05) is 12.4 Å². The molecule has 0 aliphatic rings. The molecule has 0 amide bonds. The summed E-state index contributed by atoms with van der Waals surface area (Å²) in [6.45, 7) is 0. The molecule has 0 saturated carbocycles. The monoisotopic (exact) mass is 291 g/mol. The van der Waals surface area contributed by atoms with Crippen molar-refractivity contribution < 1.29 is 19.2 Å². The molecule has 0 fully saturated rings. The van der Waals surface area contributed by atoms with E-state index in [1.807, 2.05) is 0 Å². The van der Waals surface area contributed by atoms with Crippen molar-refractivity contribution in [3.05, 3.63) is 52.1 Å². The van der Waals surface area contributed by atoms with Crippen LogP contribution < -0.4 is 9.47 Å². The highest BCUT2D eigenvalue weighted by Gasteiger charge is 2.28. The fourth-order valence-corrected chi connectivity index (χ4v) is 2.02. The normalized spacial score (nSPS) is 11.7. The number of carbonyl (C=O) groups excluding carboxylic acids is 1. The van der Waals surface area contributed by atoms with Crippen molar-refractivity contribution >= 4 is 6.29 Å². The van der Waals surface area contributed by atoms with Gasteiger partial charge in [0.2, 0.25) is 0 Å². The van der Waals surface area contributed by atoms with E-state index in [1.165, 1.54) is 37.2 Å². The highest BCUT2D eigenvalue weighted by Crippen LogP contribution is 2.31. The number of benzene rings is 1. The summed E-state index contributed by atoms with van der Waals surface area (Å²) < 4.78 is 11.4. The van der Waals surface area contributed by atoms with Gasteiger partial charge in [0.1, 0.15) is 0 Å². The Kier molecular flexibility index (Phi) is 4.17. The fourth-order valence-electron chi connectivity index (χ4n) is 2.02. The third kappa shape index (κ3) is 2.69.